The minimum atomic E-state index is -0.392. The maximum absolute atomic E-state index is 6.25. The van der Waals surface area contributed by atoms with Crippen molar-refractivity contribution >= 4 is 56.1 Å². The third-order valence-corrected chi connectivity index (χ3v) is 7.62. The van der Waals surface area contributed by atoms with Gasteiger partial charge in [-0.1, -0.05) is 42.5 Å². The van der Waals surface area contributed by atoms with Gasteiger partial charge >= 0.3 is 7.12 Å². The van der Waals surface area contributed by atoms with Crippen LogP contribution in [0, 0.1) is 0 Å². The number of hydrogen-bond acceptors (Lipinski definition) is 5. The summed E-state index contributed by atoms with van der Waals surface area (Å²) in [5.41, 5.74) is 4.06. The zero-order valence-electron chi connectivity index (χ0n) is 17.9. The Morgan fingerprint density at radius 1 is 0.806 bits per heavy atom. The van der Waals surface area contributed by atoms with E-state index in [1.807, 2.05) is 36.4 Å². The number of nitrogens with zero attached hydrogens (tertiary/aromatic N) is 1. The molecule has 6 rings (SSSR count). The summed E-state index contributed by atoms with van der Waals surface area (Å²) in [5, 5.41) is 3.17. The minimum absolute atomic E-state index is 0.367. The van der Waals surface area contributed by atoms with Gasteiger partial charge in [0.15, 0.2) is 0 Å². The van der Waals surface area contributed by atoms with Crippen molar-refractivity contribution in [2.75, 3.05) is 0 Å². The lowest BCUT2D eigenvalue weighted by atomic mass is 9.78. The predicted molar refractivity (Wildman–Crippen MR) is 128 cm³/mol. The second-order valence-electron chi connectivity index (χ2n) is 9.15. The molecule has 1 fully saturated rings. The maximum atomic E-state index is 6.25. The van der Waals surface area contributed by atoms with Crippen LogP contribution in [0.15, 0.2) is 65.1 Å². The molecule has 6 heteroatoms. The summed E-state index contributed by atoms with van der Waals surface area (Å²) in [7, 11) is -0.392. The molecule has 1 saturated heterocycles. The monoisotopic (exact) mass is 427 g/mol. The first kappa shape index (κ1) is 19.1. The Morgan fingerprint density at radius 3 is 2.26 bits per heavy atom. The molecule has 0 bridgehead atoms. The van der Waals surface area contributed by atoms with E-state index < -0.39 is 7.12 Å². The molecule has 1 aliphatic rings. The Bertz CT molecular complexity index is 1440. The van der Waals surface area contributed by atoms with Gasteiger partial charge in [-0.05, 0) is 45.3 Å². The first-order valence-corrected chi connectivity index (χ1v) is 11.3. The lowest BCUT2D eigenvalue weighted by Crippen LogP contribution is -2.41. The molecule has 0 amide bonds. The normalized spacial score (nSPS) is 17.9. The fourth-order valence-electron chi connectivity index (χ4n) is 4.05. The minimum Gasteiger partial charge on any atom is -0.456 e. The van der Waals surface area contributed by atoms with Crippen molar-refractivity contribution in [1.29, 1.82) is 0 Å². The van der Waals surface area contributed by atoms with Gasteiger partial charge in [0.2, 0.25) is 0 Å². The highest BCUT2D eigenvalue weighted by Crippen LogP contribution is 2.38. The molecule has 0 N–H and O–H groups in total. The fourth-order valence-corrected chi connectivity index (χ4v) is 5.04. The van der Waals surface area contributed by atoms with Crippen molar-refractivity contribution in [3.05, 3.63) is 60.7 Å². The molecule has 31 heavy (non-hydrogen) atoms. The van der Waals surface area contributed by atoms with Crippen LogP contribution in [-0.2, 0) is 9.31 Å². The van der Waals surface area contributed by atoms with Crippen molar-refractivity contribution in [1.82, 2.24) is 4.98 Å². The van der Waals surface area contributed by atoms with Crippen LogP contribution in [0.2, 0.25) is 0 Å². The van der Waals surface area contributed by atoms with Gasteiger partial charge in [0.25, 0.3) is 0 Å². The largest absolute Gasteiger partial charge is 0.494 e. The van der Waals surface area contributed by atoms with Crippen molar-refractivity contribution < 1.29 is 13.7 Å². The van der Waals surface area contributed by atoms with Crippen LogP contribution in [0.1, 0.15) is 27.7 Å². The second kappa shape index (κ2) is 6.42. The number of benzene rings is 3. The summed E-state index contributed by atoms with van der Waals surface area (Å²) < 4.78 is 19.8. The van der Waals surface area contributed by atoms with Crippen molar-refractivity contribution in [3.63, 3.8) is 0 Å². The molecule has 2 aromatic heterocycles. The highest BCUT2D eigenvalue weighted by Gasteiger charge is 2.51. The van der Waals surface area contributed by atoms with Crippen LogP contribution in [0.4, 0.5) is 0 Å². The number of rotatable bonds is 2. The van der Waals surface area contributed by atoms with Crippen LogP contribution < -0.4 is 5.46 Å². The topological polar surface area (TPSA) is 44.5 Å². The summed E-state index contributed by atoms with van der Waals surface area (Å²) in [4.78, 5) is 4.83. The Labute approximate surface area is 184 Å². The van der Waals surface area contributed by atoms with Crippen LogP contribution in [-0.4, -0.2) is 23.3 Å². The van der Waals surface area contributed by atoms with Gasteiger partial charge in [-0.25, -0.2) is 4.98 Å². The third-order valence-electron chi connectivity index (χ3n) is 6.55. The third kappa shape index (κ3) is 2.93. The number of thiazole rings is 1. The van der Waals surface area contributed by atoms with Gasteiger partial charge in [0, 0.05) is 22.4 Å². The highest BCUT2D eigenvalue weighted by atomic mass is 32.1. The summed E-state index contributed by atoms with van der Waals surface area (Å²) in [5.74, 6) is 0. The summed E-state index contributed by atoms with van der Waals surface area (Å²) >= 11 is 1.70. The number of fused-ring (bicyclic) bond motifs is 4. The number of furan rings is 1. The van der Waals surface area contributed by atoms with Crippen LogP contribution in [0.25, 0.3) is 42.7 Å². The van der Waals surface area contributed by atoms with Gasteiger partial charge < -0.3 is 13.7 Å². The van der Waals surface area contributed by atoms with E-state index in [1.54, 1.807) is 11.3 Å². The van der Waals surface area contributed by atoms with Gasteiger partial charge in [-0.15, -0.1) is 11.3 Å². The summed E-state index contributed by atoms with van der Waals surface area (Å²) in [6, 6.07) is 20.7. The zero-order chi connectivity index (χ0) is 21.4. The Hall–Kier alpha value is -2.67. The standard InChI is InChI=1S/C25H22BNO3S/c1-24(2)25(3,4)30-26(29-24)16-10-11-20-17(12-16)18-13-22-19(14-21(18)28-20)27-23(31-22)15-8-6-5-7-9-15/h5-14H,1-4H3. The molecule has 3 aromatic carbocycles. The molecule has 0 radical (unpaired) electrons. The van der Waals surface area contributed by atoms with Gasteiger partial charge in [-0.3, -0.25) is 0 Å². The Balaban J connectivity index is 1.47. The van der Waals surface area contributed by atoms with E-state index in [2.05, 4.69) is 52.0 Å². The molecular formula is C25H22BNO3S. The van der Waals surface area contributed by atoms with Crippen molar-refractivity contribution in [2.24, 2.45) is 0 Å². The fraction of sp³-hybridized carbons (Fsp3) is 0.240. The molecule has 0 saturated carbocycles. The highest BCUT2D eigenvalue weighted by molar-refractivity contribution is 7.21. The first-order valence-electron chi connectivity index (χ1n) is 10.5. The van der Waals surface area contributed by atoms with Crippen LogP contribution in [0.5, 0.6) is 0 Å². The van der Waals surface area contributed by atoms with Gasteiger partial charge in [0.1, 0.15) is 16.2 Å². The molecule has 1 aliphatic heterocycles. The Morgan fingerprint density at radius 2 is 1.52 bits per heavy atom. The molecule has 5 aromatic rings. The van der Waals surface area contributed by atoms with Crippen molar-refractivity contribution in [3.8, 4) is 10.6 Å². The lowest BCUT2D eigenvalue weighted by molar-refractivity contribution is 0.00578. The summed E-state index contributed by atoms with van der Waals surface area (Å²) in [6.45, 7) is 8.29. The molecular weight excluding hydrogens is 405 g/mol. The number of aromatic nitrogens is 1. The van der Waals surface area contributed by atoms with Crippen LogP contribution in [0.3, 0.4) is 0 Å². The SMILES string of the molecule is CC1(C)OB(c2ccc3oc4cc5nc(-c6ccccc6)sc5cc4c3c2)OC1(C)C. The smallest absolute Gasteiger partial charge is 0.456 e. The van der Waals surface area contributed by atoms with Crippen molar-refractivity contribution in [2.45, 2.75) is 38.9 Å². The molecule has 0 spiro atoms. The quantitative estimate of drug-likeness (QED) is 0.317. The van der Waals surface area contributed by atoms with E-state index in [0.29, 0.717) is 0 Å². The van der Waals surface area contributed by atoms with E-state index in [9.17, 15) is 0 Å². The number of hydrogen-bond donors (Lipinski definition) is 0. The van der Waals surface area contributed by atoms with Gasteiger partial charge in [0.05, 0.1) is 21.4 Å². The van der Waals surface area contributed by atoms with Crippen LogP contribution >= 0.6 is 11.3 Å². The predicted octanol–water partition coefficient (Wildman–Crippen LogP) is 6.16. The molecule has 154 valence electrons. The van der Waals surface area contributed by atoms with E-state index in [0.717, 1.165) is 48.2 Å². The van der Waals surface area contributed by atoms with E-state index in [-0.39, 0.29) is 11.2 Å². The Kier molecular flexibility index (Phi) is 3.95. The van der Waals surface area contributed by atoms with E-state index in [1.165, 1.54) is 0 Å². The zero-order valence-corrected chi connectivity index (χ0v) is 18.7. The van der Waals surface area contributed by atoms with E-state index >= 15 is 0 Å². The second-order valence-corrected chi connectivity index (χ2v) is 10.2. The van der Waals surface area contributed by atoms with E-state index in [4.69, 9.17) is 18.7 Å². The van der Waals surface area contributed by atoms with Gasteiger partial charge in [-0.2, -0.15) is 0 Å². The molecule has 3 heterocycles. The average molecular weight is 427 g/mol. The molecule has 0 aliphatic carbocycles. The molecule has 0 atom stereocenters. The maximum Gasteiger partial charge on any atom is 0.494 e. The average Bonchev–Trinajstić information content (AvgIpc) is 3.37. The summed E-state index contributed by atoms with van der Waals surface area (Å²) in [6.07, 6.45) is 0. The molecule has 0 unspecified atom stereocenters. The first-order chi connectivity index (χ1) is 14.8. The lowest BCUT2D eigenvalue weighted by Gasteiger charge is -2.32. The molecule has 4 nitrogen and oxygen atoms in total.